The van der Waals surface area contributed by atoms with Crippen LogP contribution in [0.25, 0.3) is 51.1 Å². The van der Waals surface area contributed by atoms with Crippen LogP contribution in [0.5, 0.6) is 23.0 Å². The number of benzene rings is 2. The summed E-state index contributed by atoms with van der Waals surface area (Å²) in [6.07, 6.45) is 7.45. The lowest BCUT2D eigenvalue weighted by atomic mass is 10.2. The molecule has 0 spiro atoms. The van der Waals surface area contributed by atoms with E-state index in [2.05, 4.69) is 40.9 Å². The number of ether oxygens (including phenoxy) is 6. The number of methoxy groups -OCH3 is 4. The normalized spacial score (nSPS) is 11.2. The zero-order chi connectivity index (χ0) is 65.5. The molecule has 0 radical (unpaired) electrons. The number of carboxylic acids is 2. The molecule has 2 atom stereocenters. The van der Waals surface area contributed by atoms with Crippen LogP contribution < -0.4 is 40.6 Å². The van der Waals surface area contributed by atoms with Crippen molar-refractivity contribution in [2.24, 2.45) is 5.73 Å². The van der Waals surface area contributed by atoms with Gasteiger partial charge in [0.05, 0.1) is 94.3 Å². The van der Waals surface area contributed by atoms with Crippen LogP contribution in [0, 0.1) is 0 Å². The van der Waals surface area contributed by atoms with Gasteiger partial charge in [-0.3, -0.25) is 39.3 Å². The molecule has 7 N–H and O–H groups in total. The van der Waals surface area contributed by atoms with Crippen molar-refractivity contribution in [1.82, 2.24) is 40.9 Å². The molecule has 10 heterocycles. The van der Waals surface area contributed by atoms with Crippen LogP contribution >= 0.6 is 68.3 Å². The SMILES string of the molecule is COc1ccnc2cc(C(=O)NC[C@@H](N)C(=O)O)sc12.COc1ccnc2cc(C(=O)NC[C@@H](NC(=O)OCc3ccccc3)C(=O)OCc3ccccc3)sc12.COc1ccnc2cc(C(=O)O)sc12.COc1ccnc2ccsc12.Clc1ccnc2ccsc12. The highest BCUT2D eigenvalue weighted by atomic mass is 35.5. The molecule has 0 aliphatic heterocycles. The Morgan fingerprint density at radius 3 is 1.36 bits per heavy atom. The highest BCUT2D eigenvalue weighted by molar-refractivity contribution is 7.22. The molecule has 92 heavy (non-hydrogen) atoms. The van der Waals surface area contributed by atoms with Gasteiger partial charge in [-0.2, -0.15) is 0 Å². The van der Waals surface area contributed by atoms with Gasteiger partial charge in [0.15, 0.2) is 0 Å². The summed E-state index contributed by atoms with van der Waals surface area (Å²) in [5.41, 5.74) is 10.8. The minimum Gasteiger partial charge on any atom is -0.495 e. The predicted molar refractivity (Wildman–Crippen MR) is 356 cm³/mol. The number of aliphatic carboxylic acids is 1. The van der Waals surface area contributed by atoms with Crippen LogP contribution in [0.4, 0.5) is 4.79 Å². The number of pyridine rings is 5. The smallest absolute Gasteiger partial charge is 0.408 e. The fraction of sp³-hybridized carbons (Fsp3) is 0.159. The number of fused-ring (bicyclic) bond motifs is 5. The van der Waals surface area contributed by atoms with Gasteiger partial charge in [-0.1, -0.05) is 72.3 Å². The van der Waals surface area contributed by atoms with Gasteiger partial charge in [-0.25, -0.2) is 14.4 Å². The Labute approximate surface area is 549 Å². The molecule has 0 bridgehead atoms. The van der Waals surface area contributed by atoms with E-state index in [1.54, 1.807) is 125 Å². The molecule has 0 aliphatic rings. The van der Waals surface area contributed by atoms with Crippen molar-refractivity contribution in [2.75, 3.05) is 41.5 Å². The Hall–Kier alpha value is -9.94. The number of esters is 1. The molecular formula is C63H56ClN9O14S5. The summed E-state index contributed by atoms with van der Waals surface area (Å²) in [7, 11) is 6.31. The van der Waals surface area contributed by atoms with Crippen LogP contribution in [0.1, 0.15) is 40.1 Å². The highest BCUT2D eigenvalue weighted by Gasteiger charge is 2.26. The second-order valence-corrected chi connectivity index (χ2v) is 24.0. The summed E-state index contributed by atoms with van der Waals surface area (Å²) in [4.78, 5) is 93.2. The van der Waals surface area contributed by atoms with E-state index >= 15 is 0 Å². The first-order chi connectivity index (χ1) is 44.6. The fourth-order valence-corrected chi connectivity index (χ4v) is 12.9. The molecule has 0 fully saturated rings. The summed E-state index contributed by atoms with van der Waals surface area (Å²) < 4.78 is 35.9. The number of carbonyl (C=O) groups excluding carboxylic acids is 4. The van der Waals surface area contributed by atoms with Gasteiger partial charge in [0, 0.05) is 44.1 Å². The average Bonchev–Trinajstić information content (AvgIpc) is 1.98. The van der Waals surface area contributed by atoms with E-state index in [9.17, 15) is 28.8 Å². The van der Waals surface area contributed by atoms with Crippen molar-refractivity contribution in [3.63, 3.8) is 0 Å². The number of halogens is 1. The molecule has 12 rings (SSSR count). The third-order valence-electron chi connectivity index (χ3n) is 12.5. The number of thiophene rings is 5. The number of carboxylic acid groups (broad SMARTS) is 2. The Morgan fingerprint density at radius 1 is 0.500 bits per heavy atom. The number of hydrogen-bond donors (Lipinski definition) is 6. The first-order valence-electron chi connectivity index (χ1n) is 27.1. The van der Waals surface area contributed by atoms with Gasteiger partial charge in [0.1, 0.15) is 53.2 Å². The molecule has 23 nitrogen and oxygen atoms in total. The van der Waals surface area contributed by atoms with E-state index < -0.39 is 42.0 Å². The number of aromatic carboxylic acids is 1. The van der Waals surface area contributed by atoms with Gasteiger partial charge in [-0.05, 0) is 82.6 Å². The lowest BCUT2D eigenvalue weighted by Crippen LogP contribution is -2.49. The van der Waals surface area contributed by atoms with E-state index in [0.29, 0.717) is 43.6 Å². The van der Waals surface area contributed by atoms with Crippen LogP contribution in [0.15, 0.2) is 163 Å². The van der Waals surface area contributed by atoms with E-state index in [1.165, 1.54) is 34.0 Å². The zero-order valence-electron chi connectivity index (χ0n) is 49.1. The molecular weight excluding hydrogens is 1300 g/mol. The number of aromatic nitrogens is 5. The van der Waals surface area contributed by atoms with E-state index in [0.717, 1.165) is 56.4 Å². The van der Waals surface area contributed by atoms with Crippen molar-refractivity contribution in [2.45, 2.75) is 25.3 Å². The second kappa shape index (κ2) is 33.8. The van der Waals surface area contributed by atoms with Gasteiger partial charge in [0.2, 0.25) is 0 Å². The third-order valence-corrected chi connectivity index (χ3v) is 18.2. The molecule has 10 aromatic heterocycles. The number of amides is 3. The molecule has 0 aliphatic carbocycles. The molecule has 3 amide bonds. The Bertz CT molecular complexity index is 4470. The first-order valence-corrected chi connectivity index (χ1v) is 31.7. The molecule has 0 saturated heterocycles. The highest BCUT2D eigenvalue weighted by Crippen LogP contribution is 2.35. The topological polar surface area (TPSA) is 325 Å². The van der Waals surface area contributed by atoms with Crippen LogP contribution in [-0.2, 0) is 32.3 Å². The largest absolute Gasteiger partial charge is 0.495 e. The first kappa shape index (κ1) is 68.0. The van der Waals surface area contributed by atoms with Crippen molar-refractivity contribution >= 4 is 155 Å². The van der Waals surface area contributed by atoms with Gasteiger partial charge < -0.3 is 60.3 Å². The number of rotatable bonds is 18. The third kappa shape index (κ3) is 18.6. The maximum Gasteiger partial charge on any atom is 0.408 e. The number of hydrogen-bond acceptors (Lipinski definition) is 23. The lowest BCUT2D eigenvalue weighted by molar-refractivity contribution is -0.147. The molecule has 0 unspecified atom stereocenters. The quantitative estimate of drug-likeness (QED) is 0.0435. The molecule has 474 valence electrons. The summed E-state index contributed by atoms with van der Waals surface area (Å²) in [5.74, 6) is -0.796. The predicted octanol–water partition coefficient (Wildman–Crippen LogP) is 11.8. The minimum absolute atomic E-state index is 0.0205. The maximum absolute atomic E-state index is 12.9. The Kier molecular flexibility index (Phi) is 24.9. The van der Waals surface area contributed by atoms with E-state index in [1.807, 2.05) is 89.6 Å². The number of nitrogens with zero attached hydrogens (tertiary/aromatic N) is 5. The average molecular weight is 1360 g/mol. The van der Waals surface area contributed by atoms with E-state index in [4.69, 9.17) is 56.0 Å². The van der Waals surface area contributed by atoms with Crippen molar-refractivity contribution in [1.29, 1.82) is 0 Å². The Balaban J connectivity index is 0.000000164. The summed E-state index contributed by atoms with van der Waals surface area (Å²) in [5, 5.41) is 29.9. The monoisotopic (exact) mass is 1360 g/mol. The summed E-state index contributed by atoms with van der Waals surface area (Å²) in [6, 6.07) is 33.6. The van der Waals surface area contributed by atoms with Crippen LogP contribution in [0.2, 0.25) is 5.02 Å². The van der Waals surface area contributed by atoms with Crippen molar-refractivity contribution in [3.8, 4) is 23.0 Å². The number of carbonyl (C=O) groups is 6. The molecule has 0 saturated carbocycles. The fourth-order valence-electron chi connectivity index (χ4n) is 8.00. The molecule has 29 heteroatoms. The summed E-state index contributed by atoms with van der Waals surface area (Å²) >= 11 is 12.8. The lowest BCUT2D eigenvalue weighted by Gasteiger charge is -2.18. The second-order valence-electron chi connectivity index (χ2n) is 18.6. The zero-order valence-corrected chi connectivity index (χ0v) is 53.9. The molecule has 12 aromatic rings. The minimum atomic E-state index is -1.17. The number of alkyl carbamates (subject to hydrolysis) is 1. The number of nitrogens with one attached hydrogen (secondary N) is 3. The number of nitrogens with two attached hydrogens (primary N) is 1. The van der Waals surface area contributed by atoms with Crippen LogP contribution in [-0.4, -0.2) is 125 Å². The Morgan fingerprint density at radius 2 is 0.902 bits per heavy atom. The van der Waals surface area contributed by atoms with Crippen molar-refractivity contribution < 1.29 is 67.4 Å². The standard InChI is InChI=1S/C27H25N3O6S.C12H13N3O4S.C9H7NO3S.C8H7NOS.C7H4ClNS/c1-34-22-12-13-28-20-14-23(37-24(20)22)25(31)29-15-21(26(32)35-16-18-8-4-2-5-9-18)30-27(33)36-17-19-10-6-3-7-11-19;1-19-8-2-3-14-7-4-9(20-10(7)8)11(16)15-5-6(13)12(17)18;1-13-6-2-3-10-5-4-7(9(11)12)14-8(5)6;1-10-7-2-4-9-6-3-5-11-8(6)7;8-5-1-3-9-6-2-4-10-7(5)6/h2-14,21H,15-17H2,1H3,(H,29,31)(H,30,33);2-4,6H,5,13H2,1H3,(H,15,16)(H,17,18);2-4H,1H3,(H,11,12);2-5H,1H3;1-4H/t21-;6-;;;/m11.../s1. The van der Waals surface area contributed by atoms with Crippen LogP contribution in [0.3, 0.4) is 0 Å². The molecule has 2 aromatic carbocycles. The maximum atomic E-state index is 12.9. The van der Waals surface area contributed by atoms with Crippen molar-refractivity contribution in [3.05, 3.63) is 194 Å². The summed E-state index contributed by atoms with van der Waals surface area (Å²) in [6.45, 7) is -0.285. The van der Waals surface area contributed by atoms with Gasteiger partial charge in [0.25, 0.3) is 11.8 Å². The van der Waals surface area contributed by atoms with E-state index in [-0.39, 0.29) is 37.1 Å². The van der Waals surface area contributed by atoms with Gasteiger partial charge >= 0.3 is 24.0 Å². The van der Waals surface area contributed by atoms with Gasteiger partial charge in [-0.15, -0.1) is 56.7 Å².